The van der Waals surface area contributed by atoms with E-state index in [0.717, 1.165) is 29.7 Å². The number of hydrogen-bond donors (Lipinski definition) is 1. The van der Waals surface area contributed by atoms with Crippen LogP contribution in [0.4, 0.5) is 4.39 Å². The molecule has 0 aliphatic heterocycles. The minimum Gasteiger partial charge on any atom is -0.411 e. The Morgan fingerprint density at radius 1 is 1.30 bits per heavy atom. The van der Waals surface area contributed by atoms with Gasteiger partial charge in [-0.3, -0.25) is 0 Å². The normalized spacial score (nSPS) is 20.1. The summed E-state index contributed by atoms with van der Waals surface area (Å²) in [6.07, 6.45) is 8.04. The minimum atomic E-state index is -0.162. The van der Waals surface area contributed by atoms with Crippen molar-refractivity contribution in [3.05, 3.63) is 35.6 Å². The summed E-state index contributed by atoms with van der Waals surface area (Å²) in [7, 11) is 0. The fraction of sp³-hybridized carbons (Fsp3) is 0.650. The van der Waals surface area contributed by atoms with Crippen molar-refractivity contribution in [2.75, 3.05) is 0 Å². The van der Waals surface area contributed by atoms with Crippen molar-refractivity contribution in [2.45, 2.75) is 66.7 Å². The summed E-state index contributed by atoms with van der Waals surface area (Å²) in [6.45, 7) is 10.8. The number of rotatable bonds is 5. The monoisotopic (exact) mass is 323 g/mol. The van der Waals surface area contributed by atoms with Gasteiger partial charge in [0.2, 0.25) is 0 Å². The van der Waals surface area contributed by atoms with Crippen molar-refractivity contribution >= 4 is 6.21 Å². The molecule has 0 saturated heterocycles. The molecule has 0 aromatic heterocycles. The Hall–Kier alpha value is -1.38. The Bertz CT molecular complexity index is 416. The van der Waals surface area contributed by atoms with E-state index in [0.29, 0.717) is 0 Å². The molecule has 3 unspecified atom stereocenters. The molecule has 1 aliphatic carbocycles. The Labute approximate surface area is 141 Å². The Balaban J connectivity index is 0.000000335. The van der Waals surface area contributed by atoms with Gasteiger partial charge in [-0.2, -0.15) is 0 Å². The lowest BCUT2D eigenvalue weighted by molar-refractivity contribution is 0.320. The van der Waals surface area contributed by atoms with E-state index in [1.165, 1.54) is 44.0 Å². The van der Waals surface area contributed by atoms with Gasteiger partial charge in [-0.1, -0.05) is 52.7 Å². The summed E-state index contributed by atoms with van der Waals surface area (Å²) in [6, 6.07) is 6.50. The third-order valence-corrected chi connectivity index (χ3v) is 4.24. The van der Waals surface area contributed by atoms with Crippen molar-refractivity contribution in [1.29, 1.82) is 0 Å². The number of nitrogens with zero attached hydrogens (tertiary/aromatic N) is 1. The van der Waals surface area contributed by atoms with Gasteiger partial charge in [-0.25, -0.2) is 4.39 Å². The zero-order valence-corrected chi connectivity index (χ0v) is 15.4. The Morgan fingerprint density at radius 2 is 2.00 bits per heavy atom. The van der Waals surface area contributed by atoms with E-state index in [9.17, 15) is 4.39 Å². The van der Waals surface area contributed by atoms with E-state index < -0.39 is 0 Å². The second-order valence-corrected chi connectivity index (χ2v) is 6.42. The topological polar surface area (TPSA) is 32.6 Å². The third-order valence-electron chi connectivity index (χ3n) is 4.24. The summed E-state index contributed by atoms with van der Waals surface area (Å²) < 4.78 is 12.2. The maximum Gasteiger partial charge on any atom is 0.123 e. The second-order valence-electron chi connectivity index (χ2n) is 6.42. The smallest absolute Gasteiger partial charge is 0.123 e. The van der Waals surface area contributed by atoms with Crippen LogP contribution in [0, 0.1) is 30.5 Å². The predicted molar refractivity (Wildman–Crippen MR) is 97.7 cm³/mol. The second kappa shape index (κ2) is 13.1. The van der Waals surface area contributed by atoms with Crippen LogP contribution < -0.4 is 0 Å². The Morgan fingerprint density at radius 3 is 2.30 bits per heavy atom. The lowest BCUT2D eigenvalue weighted by Gasteiger charge is -2.05. The van der Waals surface area contributed by atoms with Crippen molar-refractivity contribution in [2.24, 2.45) is 22.9 Å². The zero-order valence-electron chi connectivity index (χ0n) is 15.4. The van der Waals surface area contributed by atoms with Crippen molar-refractivity contribution in [3.8, 4) is 0 Å². The molecule has 1 saturated carbocycles. The first kappa shape index (κ1) is 21.6. The van der Waals surface area contributed by atoms with Gasteiger partial charge in [-0.05, 0) is 61.6 Å². The minimum absolute atomic E-state index is 0.162. The summed E-state index contributed by atoms with van der Waals surface area (Å²) >= 11 is 0. The van der Waals surface area contributed by atoms with Crippen molar-refractivity contribution in [1.82, 2.24) is 0 Å². The largest absolute Gasteiger partial charge is 0.411 e. The van der Waals surface area contributed by atoms with E-state index in [1.807, 2.05) is 19.9 Å². The molecule has 1 aliphatic rings. The number of oxime groups is 1. The lowest BCUT2D eigenvalue weighted by atomic mass is 10.0. The molecule has 1 aromatic rings. The fourth-order valence-corrected chi connectivity index (χ4v) is 2.47. The van der Waals surface area contributed by atoms with Gasteiger partial charge in [0.15, 0.2) is 0 Å². The molecule has 1 fully saturated rings. The van der Waals surface area contributed by atoms with Crippen LogP contribution in [-0.4, -0.2) is 11.4 Å². The first-order valence-corrected chi connectivity index (χ1v) is 8.86. The van der Waals surface area contributed by atoms with Crippen molar-refractivity contribution < 1.29 is 9.60 Å². The van der Waals surface area contributed by atoms with Crippen molar-refractivity contribution in [3.63, 3.8) is 0 Å². The molecule has 132 valence electrons. The number of halogens is 1. The first-order valence-electron chi connectivity index (χ1n) is 8.86. The molecule has 0 bridgehead atoms. The summed E-state index contributed by atoms with van der Waals surface area (Å²) in [5.41, 5.74) is 0.963. The fourth-order valence-electron chi connectivity index (χ4n) is 2.47. The molecular weight excluding hydrogens is 289 g/mol. The van der Waals surface area contributed by atoms with Crippen LogP contribution in [0.15, 0.2) is 29.4 Å². The van der Waals surface area contributed by atoms with E-state index in [-0.39, 0.29) is 5.82 Å². The van der Waals surface area contributed by atoms with Crippen LogP contribution >= 0.6 is 0 Å². The molecule has 0 spiro atoms. The van der Waals surface area contributed by atoms with Crippen LogP contribution in [0.2, 0.25) is 0 Å². The summed E-state index contributed by atoms with van der Waals surface area (Å²) in [4.78, 5) is 0. The van der Waals surface area contributed by atoms with Crippen LogP contribution in [-0.2, 0) is 0 Å². The first-order chi connectivity index (χ1) is 11.0. The summed E-state index contributed by atoms with van der Waals surface area (Å²) in [5, 5.41) is 10.4. The van der Waals surface area contributed by atoms with Gasteiger partial charge < -0.3 is 5.21 Å². The molecule has 0 amide bonds. The molecule has 3 heteroatoms. The van der Waals surface area contributed by atoms with Gasteiger partial charge in [-0.15, -0.1) is 5.16 Å². The highest BCUT2D eigenvalue weighted by atomic mass is 19.1. The molecule has 1 N–H and O–H groups in total. The molecule has 2 nitrogen and oxygen atoms in total. The third kappa shape index (κ3) is 11.8. The maximum absolute atomic E-state index is 12.2. The zero-order chi connectivity index (χ0) is 17.7. The molecule has 23 heavy (non-hydrogen) atoms. The number of hydrogen-bond acceptors (Lipinski definition) is 2. The van der Waals surface area contributed by atoms with Gasteiger partial charge >= 0.3 is 0 Å². The van der Waals surface area contributed by atoms with Crippen LogP contribution in [0.3, 0.4) is 0 Å². The van der Waals surface area contributed by atoms with Gasteiger partial charge in [0.05, 0.1) is 0 Å². The number of benzene rings is 1. The maximum atomic E-state index is 12.2. The van der Waals surface area contributed by atoms with Crippen LogP contribution in [0.5, 0.6) is 0 Å². The predicted octanol–water partition coefficient (Wildman–Crippen LogP) is 6.46. The van der Waals surface area contributed by atoms with Gasteiger partial charge in [0.1, 0.15) is 5.82 Å². The Kier molecular flexibility index (Phi) is 12.3. The quantitative estimate of drug-likeness (QED) is 0.376. The molecule has 1 aromatic carbocycles. The molecule has 0 heterocycles. The number of aryl methyl sites for hydroxylation is 1. The average molecular weight is 323 g/mol. The molecular formula is C20H34FNO. The van der Waals surface area contributed by atoms with Gasteiger partial charge in [0.25, 0.3) is 0 Å². The van der Waals surface area contributed by atoms with Crippen LogP contribution in [0.1, 0.15) is 65.4 Å². The highest BCUT2D eigenvalue weighted by molar-refractivity contribution is 5.55. The van der Waals surface area contributed by atoms with E-state index in [1.54, 1.807) is 6.07 Å². The summed E-state index contributed by atoms with van der Waals surface area (Å²) in [5.74, 6) is 3.03. The molecule has 2 rings (SSSR count). The van der Waals surface area contributed by atoms with Gasteiger partial charge in [0, 0.05) is 6.21 Å². The molecule has 3 atom stereocenters. The standard InChI is InChI=1S/C10H20.C7H7F.C3H7NO/c1-4-8(3)6-10-7-9(10)5-2;1-6-3-2-4-7(8)5-6;1-2-3-4-5/h8-10H,4-7H2,1-3H3;2-5H,1H3;3,5H,2H2,1H3/b;;4-3-. The average Bonchev–Trinajstić information content (AvgIpc) is 3.27. The highest BCUT2D eigenvalue weighted by Gasteiger charge is 2.35. The molecule has 0 radical (unpaired) electrons. The van der Waals surface area contributed by atoms with E-state index >= 15 is 0 Å². The van der Waals surface area contributed by atoms with Crippen LogP contribution in [0.25, 0.3) is 0 Å². The SMILES string of the molecule is CC/C=N\O.CCC(C)CC1CC1CC.Cc1cccc(F)c1. The van der Waals surface area contributed by atoms with E-state index in [2.05, 4.69) is 25.9 Å². The van der Waals surface area contributed by atoms with E-state index in [4.69, 9.17) is 5.21 Å². The lowest BCUT2D eigenvalue weighted by Crippen LogP contribution is -1.94. The highest BCUT2D eigenvalue weighted by Crippen LogP contribution is 2.45.